The van der Waals surface area contributed by atoms with Crippen molar-refractivity contribution >= 4 is 28.5 Å². The Morgan fingerprint density at radius 3 is 2.62 bits per heavy atom. The van der Waals surface area contributed by atoms with Gasteiger partial charge in [0, 0.05) is 32.4 Å². The zero-order valence-corrected chi connectivity index (χ0v) is 17.2. The van der Waals surface area contributed by atoms with Gasteiger partial charge in [-0.15, -0.1) is 0 Å². The zero-order chi connectivity index (χ0) is 22.6. The molecule has 0 bridgehead atoms. The molecule has 0 aliphatic carbocycles. The van der Waals surface area contributed by atoms with Crippen LogP contribution in [-0.4, -0.2) is 59.2 Å². The number of hydrogen-bond donors (Lipinski definition) is 1. The van der Waals surface area contributed by atoms with Crippen LogP contribution in [0, 0.1) is 5.82 Å². The molecular formula is C22H20FN3O6. The second kappa shape index (κ2) is 7.40. The quantitative estimate of drug-likeness (QED) is 0.665. The van der Waals surface area contributed by atoms with E-state index >= 15 is 4.39 Å². The maximum Gasteiger partial charge on any atom is 0.341 e. The third-order valence-electron chi connectivity index (χ3n) is 5.99. The van der Waals surface area contributed by atoms with E-state index in [2.05, 4.69) is 0 Å². The molecule has 1 atom stereocenters. The number of hydrogen-bond acceptors (Lipinski definition) is 6. The van der Waals surface area contributed by atoms with Gasteiger partial charge < -0.3 is 28.6 Å². The largest absolute Gasteiger partial charge is 0.487 e. The predicted octanol–water partition coefficient (Wildman–Crippen LogP) is 2.35. The van der Waals surface area contributed by atoms with Crippen molar-refractivity contribution in [3.63, 3.8) is 0 Å². The third-order valence-corrected chi connectivity index (χ3v) is 5.99. The smallest absolute Gasteiger partial charge is 0.341 e. The second-order valence-corrected chi connectivity index (χ2v) is 7.93. The number of ether oxygens (including phenoxy) is 1. The number of anilines is 1. The fourth-order valence-corrected chi connectivity index (χ4v) is 4.35. The highest BCUT2D eigenvalue weighted by Gasteiger charge is 2.32. The number of carbonyl (C=O) groups is 2. The average Bonchev–Trinajstić information content (AvgIpc) is 3.32. The van der Waals surface area contributed by atoms with Gasteiger partial charge in [0.1, 0.15) is 17.9 Å². The van der Waals surface area contributed by atoms with Crippen molar-refractivity contribution < 1.29 is 28.2 Å². The lowest BCUT2D eigenvalue weighted by Crippen LogP contribution is -2.49. The normalized spacial score (nSPS) is 18.0. The summed E-state index contributed by atoms with van der Waals surface area (Å²) in [4.78, 5) is 40.2. The summed E-state index contributed by atoms with van der Waals surface area (Å²) in [5.41, 5.74) is -0.564. The highest BCUT2D eigenvalue weighted by atomic mass is 19.1. The molecule has 2 aromatic heterocycles. The number of piperazine rings is 1. The van der Waals surface area contributed by atoms with Crippen molar-refractivity contribution in [2.75, 3.05) is 37.7 Å². The van der Waals surface area contributed by atoms with Crippen LogP contribution in [0.5, 0.6) is 5.75 Å². The van der Waals surface area contributed by atoms with E-state index in [9.17, 15) is 19.5 Å². The molecule has 0 unspecified atom stereocenters. The molecule has 3 aromatic rings. The lowest BCUT2D eigenvalue weighted by molar-refractivity contribution is 0.0690. The van der Waals surface area contributed by atoms with Gasteiger partial charge in [-0.3, -0.25) is 9.59 Å². The summed E-state index contributed by atoms with van der Waals surface area (Å²) in [7, 11) is 0. The second-order valence-electron chi connectivity index (χ2n) is 7.93. The molecule has 0 radical (unpaired) electrons. The van der Waals surface area contributed by atoms with Crippen molar-refractivity contribution in [3.05, 3.63) is 58.0 Å². The number of aromatic carboxylic acids is 1. The van der Waals surface area contributed by atoms with Gasteiger partial charge in [-0.2, -0.15) is 0 Å². The summed E-state index contributed by atoms with van der Waals surface area (Å²) in [6.07, 6.45) is 2.73. The van der Waals surface area contributed by atoms with Crippen LogP contribution in [0.15, 0.2) is 39.9 Å². The number of rotatable bonds is 3. The van der Waals surface area contributed by atoms with Crippen molar-refractivity contribution in [2.24, 2.45) is 0 Å². The molecule has 10 heteroatoms. The van der Waals surface area contributed by atoms with Crippen LogP contribution in [0.4, 0.5) is 10.1 Å². The minimum atomic E-state index is -1.36. The van der Waals surface area contributed by atoms with Crippen molar-refractivity contribution in [1.29, 1.82) is 0 Å². The molecule has 0 spiro atoms. The minimum absolute atomic E-state index is 0.0284. The Morgan fingerprint density at radius 2 is 1.97 bits per heavy atom. The monoisotopic (exact) mass is 441 g/mol. The Morgan fingerprint density at radius 1 is 1.22 bits per heavy atom. The average molecular weight is 441 g/mol. The number of nitrogens with zero attached hydrogens (tertiary/aromatic N) is 3. The van der Waals surface area contributed by atoms with E-state index < -0.39 is 22.8 Å². The first-order valence-corrected chi connectivity index (χ1v) is 10.2. The van der Waals surface area contributed by atoms with Crippen LogP contribution in [0.1, 0.15) is 33.9 Å². The number of benzene rings is 1. The van der Waals surface area contributed by atoms with Gasteiger partial charge >= 0.3 is 5.97 Å². The Labute approximate surface area is 181 Å². The van der Waals surface area contributed by atoms with Crippen LogP contribution >= 0.6 is 0 Å². The number of carboxylic acid groups (broad SMARTS) is 1. The molecule has 1 saturated heterocycles. The molecule has 9 nitrogen and oxygen atoms in total. The molecule has 1 aromatic carbocycles. The van der Waals surface area contributed by atoms with Gasteiger partial charge in [0.25, 0.3) is 5.91 Å². The first kappa shape index (κ1) is 20.1. The standard InChI is InChI=1S/C22H20FN3O6/c1-12-11-32-20-17-13(19(27)14(22(29)30)10-26(12)17)9-15(23)18(20)24-4-6-25(7-5-24)21(28)16-3-2-8-31-16/h2-3,8-10,12H,4-7,11H2,1H3,(H,29,30)/t12-/m0/s1. The fraction of sp³-hybridized carbons (Fsp3) is 0.318. The zero-order valence-electron chi connectivity index (χ0n) is 17.2. The van der Waals surface area contributed by atoms with Crippen molar-refractivity contribution in [1.82, 2.24) is 9.47 Å². The lowest BCUT2D eigenvalue weighted by atomic mass is 10.1. The lowest BCUT2D eigenvalue weighted by Gasteiger charge is -2.38. The Bertz CT molecular complexity index is 1290. The highest BCUT2D eigenvalue weighted by Crippen LogP contribution is 2.42. The van der Waals surface area contributed by atoms with Gasteiger partial charge in [-0.1, -0.05) is 0 Å². The summed E-state index contributed by atoms with van der Waals surface area (Å²) in [5, 5.41) is 9.37. The fourth-order valence-electron chi connectivity index (χ4n) is 4.35. The summed E-state index contributed by atoms with van der Waals surface area (Å²) >= 11 is 0. The maximum absolute atomic E-state index is 15.3. The van der Waals surface area contributed by atoms with Crippen molar-refractivity contribution in [3.8, 4) is 5.75 Å². The topological polar surface area (TPSA) is 105 Å². The number of pyridine rings is 1. The Balaban J connectivity index is 1.54. The van der Waals surface area contributed by atoms with Crippen LogP contribution in [0.25, 0.3) is 10.9 Å². The third kappa shape index (κ3) is 3.02. The SMILES string of the molecule is C[C@H]1COc2c(N3CCN(C(=O)c4ccco4)CC3)c(F)cc3c(=O)c(C(=O)O)cn1c23. The van der Waals surface area contributed by atoms with E-state index in [1.54, 1.807) is 26.5 Å². The molecule has 166 valence electrons. The minimum Gasteiger partial charge on any atom is -0.487 e. The number of furan rings is 1. The number of carbonyl (C=O) groups excluding carboxylic acids is 1. The maximum atomic E-state index is 15.3. The first-order chi connectivity index (χ1) is 15.4. The molecule has 4 heterocycles. The van der Waals surface area contributed by atoms with E-state index in [1.165, 1.54) is 12.5 Å². The number of amides is 1. The molecular weight excluding hydrogens is 421 g/mol. The van der Waals surface area contributed by atoms with Crippen LogP contribution < -0.4 is 15.1 Å². The van der Waals surface area contributed by atoms with E-state index in [4.69, 9.17) is 9.15 Å². The molecule has 2 aliphatic heterocycles. The summed E-state index contributed by atoms with van der Waals surface area (Å²) in [6.45, 7) is 3.48. The summed E-state index contributed by atoms with van der Waals surface area (Å²) < 4.78 is 28.0. The van der Waals surface area contributed by atoms with E-state index in [-0.39, 0.29) is 41.1 Å². The molecule has 1 fully saturated rings. The van der Waals surface area contributed by atoms with Gasteiger partial charge in [-0.25, -0.2) is 9.18 Å². The number of carboxylic acids is 1. The number of halogens is 1. The molecule has 2 aliphatic rings. The van der Waals surface area contributed by atoms with Gasteiger partial charge in [0.15, 0.2) is 17.3 Å². The highest BCUT2D eigenvalue weighted by molar-refractivity contribution is 5.97. The summed E-state index contributed by atoms with van der Waals surface area (Å²) in [5.74, 6) is -1.78. The number of aromatic nitrogens is 1. The Hall–Kier alpha value is -3.82. The van der Waals surface area contributed by atoms with E-state index in [0.29, 0.717) is 31.7 Å². The van der Waals surface area contributed by atoms with Gasteiger partial charge in [0.2, 0.25) is 5.43 Å². The van der Waals surface area contributed by atoms with E-state index in [0.717, 1.165) is 6.07 Å². The van der Waals surface area contributed by atoms with Crippen molar-refractivity contribution in [2.45, 2.75) is 13.0 Å². The molecule has 5 rings (SSSR count). The van der Waals surface area contributed by atoms with E-state index in [1.807, 2.05) is 6.92 Å². The summed E-state index contributed by atoms with van der Waals surface area (Å²) in [6, 6.07) is 4.10. The van der Waals surface area contributed by atoms with Gasteiger partial charge in [0.05, 0.1) is 23.2 Å². The van der Waals surface area contributed by atoms with Gasteiger partial charge in [-0.05, 0) is 25.1 Å². The molecule has 32 heavy (non-hydrogen) atoms. The van der Waals surface area contributed by atoms with Crippen LogP contribution in [0.2, 0.25) is 0 Å². The Kier molecular flexibility index (Phi) is 4.65. The molecule has 1 N–H and O–H groups in total. The van der Waals surface area contributed by atoms with Crippen LogP contribution in [-0.2, 0) is 0 Å². The van der Waals surface area contributed by atoms with Crippen LogP contribution in [0.3, 0.4) is 0 Å². The molecule has 1 amide bonds. The molecule has 0 saturated carbocycles. The first-order valence-electron chi connectivity index (χ1n) is 10.2. The predicted molar refractivity (Wildman–Crippen MR) is 112 cm³/mol.